The number of rotatable bonds is 5. The molecule has 104 valence electrons. The molecule has 0 N–H and O–H groups in total. The molecule has 3 heterocycles. The Bertz CT molecular complexity index is 406. The third-order valence-corrected chi connectivity index (χ3v) is 4.83. The van der Waals surface area contributed by atoms with E-state index in [0.717, 1.165) is 13.1 Å². The number of hydrogen-bond donors (Lipinski definition) is 0. The van der Waals surface area contributed by atoms with E-state index in [9.17, 15) is 0 Å². The lowest BCUT2D eigenvalue weighted by Gasteiger charge is -2.37. The van der Waals surface area contributed by atoms with Crippen molar-refractivity contribution in [2.24, 2.45) is 0 Å². The minimum atomic E-state index is 0.407. The van der Waals surface area contributed by atoms with Crippen molar-refractivity contribution in [3.63, 3.8) is 0 Å². The molecule has 0 bridgehead atoms. The van der Waals surface area contributed by atoms with E-state index < -0.39 is 0 Å². The summed E-state index contributed by atoms with van der Waals surface area (Å²) in [4.78, 5) is 5.18. The number of ether oxygens (including phenoxy) is 1. The van der Waals surface area contributed by atoms with Crippen LogP contribution in [0.5, 0.6) is 0 Å². The zero-order valence-electron chi connectivity index (χ0n) is 11.3. The molecule has 0 aromatic carbocycles. The summed E-state index contributed by atoms with van der Waals surface area (Å²) in [5.41, 5.74) is 1.45. The Balaban J connectivity index is 1.51. The van der Waals surface area contributed by atoms with Gasteiger partial charge in [-0.1, -0.05) is 6.08 Å². The van der Waals surface area contributed by atoms with Crippen LogP contribution in [0.25, 0.3) is 0 Å². The Hall–Kier alpha value is -0.680. The topological polar surface area (TPSA) is 15.7 Å². The van der Waals surface area contributed by atoms with Gasteiger partial charge in [0.05, 0.1) is 12.7 Å². The summed E-state index contributed by atoms with van der Waals surface area (Å²) in [5.74, 6) is 0. The van der Waals surface area contributed by atoms with Gasteiger partial charge in [0.1, 0.15) is 0 Å². The summed E-state index contributed by atoms with van der Waals surface area (Å²) in [6.45, 7) is 10.2. The number of thiophene rings is 1. The molecule has 2 saturated heterocycles. The van der Waals surface area contributed by atoms with Crippen molar-refractivity contribution < 1.29 is 4.74 Å². The molecule has 0 radical (unpaired) electrons. The fourth-order valence-electron chi connectivity index (χ4n) is 3.17. The lowest BCUT2D eigenvalue weighted by Crippen LogP contribution is -2.49. The normalized spacial score (nSPS) is 28.4. The van der Waals surface area contributed by atoms with Gasteiger partial charge in [-0.2, -0.15) is 11.3 Å². The van der Waals surface area contributed by atoms with Gasteiger partial charge >= 0.3 is 0 Å². The molecule has 3 rings (SSSR count). The Labute approximate surface area is 119 Å². The molecule has 2 aliphatic rings. The number of fused-ring (bicyclic) bond motifs is 1. The Morgan fingerprint density at radius 3 is 3.16 bits per heavy atom. The van der Waals surface area contributed by atoms with E-state index in [-0.39, 0.29) is 0 Å². The van der Waals surface area contributed by atoms with Crippen LogP contribution in [0.3, 0.4) is 0 Å². The molecule has 0 saturated carbocycles. The first-order valence-electron chi connectivity index (χ1n) is 7.05. The summed E-state index contributed by atoms with van der Waals surface area (Å²) in [5, 5.41) is 4.43. The fourth-order valence-corrected chi connectivity index (χ4v) is 3.83. The highest BCUT2D eigenvalue weighted by Gasteiger charge is 2.36. The van der Waals surface area contributed by atoms with E-state index in [0.29, 0.717) is 18.8 Å². The highest BCUT2D eigenvalue weighted by atomic mass is 32.1. The summed E-state index contributed by atoms with van der Waals surface area (Å²) in [6.07, 6.45) is 3.43. The van der Waals surface area contributed by atoms with Crippen LogP contribution in [0, 0.1) is 0 Å². The van der Waals surface area contributed by atoms with E-state index in [1.54, 1.807) is 11.3 Å². The number of hydrogen-bond acceptors (Lipinski definition) is 4. The van der Waals surface area contributed by atoms with Crippen LogP contribution in [-0.2, 0) is 11.3 Å². The van der Waals surface area contributed by atoms with Crippen LogP contribution in [0.2, 0.25) is 0 Å². The van der Waals surface area contributed by atoms with Gasteiger partial charge in [-0.25, -0.2) is 0 Å². The highest BCUT2D eigenvalue weighted by molar-refractivity contribution is 7.07. The summed E-state index contributed by atoms with van der Waals surface area (Å²) in [6, 6.07) is 2.92. The standard InChI is InChI=1S/C15H22N2OS/c1-2-6-18-15-8-14-10-16(4-5-17(14)11-15)9-13-3-7-19-12-13/h2-3,7,12,14-15H,1,4-6,8-11H2/t14-,15+/m0/s1. The van der Waals surface area contributed by atoms with Crippen LogP contribution in [-0.4, -0.2) is 54.7 Å². The first kappa shape index (κ1) is 13.3. The maximum atomic E-state index is 5.81. The molecule has 0 spiro atoms. The molecule has 3 nitrogen and oxygen atoms in total. The second-order valence-corrected chi connectivity index (χ2v) is 6.28. The lowest BCUT2D eigenvalue weighted by atomic mass is 10.1. The fraction of sp³-hybridized carbons (Fsp3) is 0.600. The van der Waals surface area contributed by atoms with E-state index in [4.69, 9.17) is 4.74 Å². The van der Waals surface area contributed by atoms with Crippen LogP contribution >= 0.6 is 11.3 Å². The van der Waals surface area contributed by atoms with E-state index in [2.05, 4.69) is 33.2 Å². The molecular weight excluding hydrogens is 256 g/mol. The van der Waals surface area contributed by atoms with Gasteiger partial charge in [0.2, 0.25) is 0 Å². The van der Waals surface area contributed by atoms with Crippen molar-refractivity contribution in [3.05, 3.63) is 35.0 Å². The molecule has 1 aromatic heterocycles. The third kappa shape index (κ3) is 3.26. The zero-order chi connectivity index (χ0) is 13.1. The smallest absolute Gasteiger partial charge is 0.0721 e. The average Bonchev–Trinajstić information content (AvgIpc) is 3.04. The zero-order valence-corrected chi connectivity index (χ0v) is 12.1. The van der Waals surface area contributed by atoms with Gasteiger partial charge in [0, 0.05) is 38.8 Å². The SMILES string of the molecule is C=CCO[C@@H]1C[C@H]2CN(Cc3ccsc3)CCN2C1. The van der Waals surface area contributed by atoms with Crippen molar-refractivity contribution in [2.75, 3.05) is 32.8 Å². The highest BCUT2D eigenvalue weighted by Crippen LogP contribution is 2.25. The Morgan fingerprint density at radius 2 is 2.37 bits per heavy atom. The van der Waals surface area contributed by atoms with Gasteiger partial charge < -0.3 is 4.74 Å². The van der Waals surface area contributed by atoms with Crippen molar-refractivity contribution in [2.45, 2.75) is 25.1 Å². The maximum Gasteiger partial charge on any atom is 0.0721 e. The predicted molar refractivity (Wildman–Crippen MR) is 79.5 cm³/mol. The minimum absolute atomic E-state index is 0.407. The van der Waals surface area contributed by atoms with E-state index >= 15 is 0 Å². The average molecular weight is 278 g/mol. The van der Waals surface area contributed by atoms with E-state index in [1.807, 2.05) is 6.08 Å². The van der Waals surface area contributed by atoms with Crippen LogP contribution in [0.1, 0.15) is 12.0 Å². The van der Waals surface area contributed by atoms with Gasteiger partial charge in [0.15, 0.2) is 0 Å². The molecule has 4 heteroatoms. The van der Waals surface area contributed by atoms with Crippen LogP contribution in [0.15, 0.2) is 29.5 Å². The Morgan fingerprint density at radius 1 is 1.42 bits per heavy atom. The maximum absolute atomic E-state index is 5.81. The first-order chi connectivity index (χ1) is 9.35. The van der Waals surface area contributed by atoms with Gasteiger partial charge in [0.25, 0.3) is 0 Å². The molecule has 2 fully saturated rings. The van der Waals surface area contributed by atoms with Gasteiger partial charge in [-0.3, -0.25) is 9.80 Å². The molecule has 2 aliphatic heterocycles. The van der Waals surface area contributed by atoms with Gasteiger partial charge in [-0.05, 0) is 28.8 Å². The quantitative estimate of drug-likeness (QED) is 0.768. The summed E-state index contributed by atoms with van der Waals surface area (Å²) in [7, 11) is 0. The monoisotopic (exact) mass is 278 g/mol. The third-order valence-electron chi connectivity index (χ3n) is 4.10. The number of nitrogens with zero attached hydrogens (tertiary/aromatic N) is 2. The second kappa shape index (κ2) is 6.18. The second-order valence-electron chi connectivity index (χ2n) is 5.50. The van der Waals surface area contributed by atoms with Crippen molar-refractivity contribution >= 4 is 11.3 Å². The van der Waals surface area contributed by atoms with Gasteiger partial charge in [-0.15, -0.1) is 6.58 Å². The largest absolute Gasteiger partial charge is 0.373 e. The summed E-state index contributed by atoms with van der Waals surface area (Å²) < 4.78 is 5.81. The molecule has 19 heavy (non-hydrogen) atoms. The molecule has 0 unspecified atom stereocenters. The van der Waals surface area contributed by atoms with Crippen molar-refractivity contribution in [1.82, 2.24) is 9.80 Å². The molecule has 2 atom stereocenters. The lowest BCUT2D eigenvalue weighted by molar-refractivity contribution is 0.0759. The first-order valence-corrected chi connectivity index (χ1v) is 7.99. The Kier molecular flexibility index (Phi) is 4.33. The molecule has 0 amide bonds. The predicted octanol–water partition coefficient (Wildman–Crippen LogP) is 2.21. The molecular formula is C15H22N2OS. The summed E-state index contributed by atoms with van der Waals surface area (Å²) >= 11 is 1.79. The van der Waals surface area contributed by atoms with Crippen LogP contribution < -0.4 is 0 Å². The minimum Gasteiger partial charge on any atom is -0.373 e. The van der Waals surface area contributed by atoms with Crippen molar-refractivity contribution in [3.8, 4) is 0 Å². The van der Waals surface area contributed by atoms with Crippen molar-refractivity contribution in [1.29, 1.82) is 0 Å². The molecule has 1 aromatic rings. The van der Waals surface area contributed by atoms with Crippen LogP contribution in [0.4, 0.5) is 0 Å². The number of piperazine rings is 1. The van der Waals surface area contributed by atoms with E-state index in [1.165, 1.54) is 31.6 Å². The molecule has 0 aliphatic carbocycles.